The third kappa shape index (κ3) is 4.67. The van der Waals surface area contributed by atoms with Gasteiger partial charge >= 0.3 is 0 Å². The number of nitrogens with zero attached hydrogens (tertiary/aromatic N) is 5. The number of ether oxygens (including phenoxy) is 1. The Bertz CT molecular complexity index is 1080. The molecule has 8 heteroatoms. The molecule has 8 nitrogen and oxygen atoms in total. The molecule has 4 aromatic rings. The lowest BCUT2D eigenvalue weighted by Gasteiger charge is -2.14. The first-order chi connectivity index (χ1) is 14.7. The van der Waals surface area contributed by atoms with Crippen LogP contribution in [-0.2, 0) is 6.54 Å². The van der Waals surface area contributed by atoms with Gasteiger partial charge in [-0.25, -0.2) is 19.6 Å². The number of hydrogen-bond donors (Lipinski definition) is 1. The van der Waals surface area contributed by atoms with Crippen LogP contribution in [0.2, 0.25) is 0 Å². The Balaban J connectivity index is 1.31. The van der Waals surface area contributed by atoms with Crippen molar-refractivity contribution in [2.24, 2.45) is 0 Å². The molecule has 1 N–H and O–H groups in total. The van der Waals surface area contributed by atoms with E-state index in [9.17, 15) is 4.79 Å². The molecular formula is C22H20N6O2. The molecule has 3 aromatic heterocycles. The monoisotopic (exact) mass is 400 g/mol. The summed E-state index contributed by atoms with van der Waals surface area (Å²) in [5, 5.41) is 6.89. The lowest BCUT2D eigenvalue weighted by Crippen LogP contribution is -2.23. The van der Waals surface area contributed by atoms with Crippen LogP contribution >= 0.6 is 0 Å². The van der Waals surface area contributed by atoms with Gasteiger partial charge in [0.2, 0.25) is 5.88 Å². The molecule has 150 valence electrons. The van der Waals surface area contributed by atoms with Gasteiger partial charge < -0.3 is 10.1 Å². The van der Waals surface area contributed by atoms with Crippen molar-refractivity contribution in [3.05, 3.63) is 96.3 Å². The van der Waals surface area contributed by atoms with Crippen LogP contribution in [0.25, 0.3) is 5.82 Å². The van der Waals surface area contributed by atoms with Gasteiger partial charge in [-0.2, -0.15) is 5.10 Å². The molecule has 1 amide bonds. The van der Waals surface area contributed by atoms with Gasteiger partial charge in [-0.15, -0.1) is 0 Å². The Morgan fingerprint density at radius 1 is 1.07 bits per heavy atom. The number of hydrogen-bond acceptors (Lipinski definition) is 6. The maximum absolute atomic E-state index is 12.4. The molecule has 0 aliphatic heterocycles. The Morgan fingerprint density at radius 3 is 2.60 bits per heavy atom. The van der Waals surface area contributed by atoms with E-state index in [-0.39, 0.29) is 12.0 Å². The molecule has 1 aromatic carbocycles. The van der Waals surface area contributed by atoms with Gasteiger partial charge in [-0.05, 0) is 30.2 Å². The van der Waals surface area contributed by atoms with Crippen molar-refractivity contribution in [2.45, 2.75) is 19.6 Å². The molecule has 0 saturated carbocycles. The topological polar surface area (TPSA) is 94.8 Å². The van der Waals surface area contributed by atoms with Crippen LogP contribution in [0.4, 0.5) is 0 Å². The number of nitrogens with one attached hydrogen (secondary N) is 1. The summed E-state index contributed by atoms with van der Waals surface area (Å²) in [6.07, 6.45) is 6.09. The van der Waals surface area contributed by atoms with Crippen molar-refractivity contribution in [3.63, 3.8) is 0 Å². The summed E-state index contributed by atoms with van der Waals surface area (Å²) in [5.74, 6) is 0.911. The van der Waals surface area contributed by atoms with Gasteiger partial charge in [0.1, 0.15) is 18.8 Å². The second-order valence-electron chi connectivity index (χ2n) is 6.60. The lowest BCUT2D eigenvalue weighted by atomic mass is 10.1. The van der Waals surface area contributed by atoms with Crippen molar-refractivity contribution in [2.75, 3.05) is 0 Å². The SMILES string of the molecule is C[C@@H](Oc1ccc(C(=O)NCc2ccc(-n3cncn3)nc2)cn1)c1ccccc1. The van der Waals surface area contributed by atoms with Gasteiger partial charge in [0.25, 0.3) is 5.91 Å². The van der Waals surface area contributed by atoms with Crippen LogP contribution in [0, 0.1) is 0 Å². The third-order valence-electron chi connectivity index (χ3n) is 4.48. The van der Waals surface area contributed by atoms with E-state index in [0.717, 1.165) is 11.1 Å². The molecule has 0 saturated heterocycles. The quantitative estimate of drug-likeness (QED) is 0.512. The Kier molecular flexibility index (Phi) is 5.75. The normalized spacial score (nSPS) is 11.6. The Morgan fingerprint density at radius 2 is 1.93 bits per heavy atom. The van der Waals surface area contributed by atoms with Crippen molar-refractivity contribution >= 4 is 5.91 Å². The fourth-order valence-corrected chi connectivity index (χ4v) is 2.83. The Labute approximate surface area is 173 Å². The highest BCUT2D eigenvalue weighted by Gasteiger charge is 2.10. The fraction of sp³-hybridized carbons (Fsp3) is 0.136. The molecular weight excluding hydrogens is 380 g/mol. The summed E-state index contributed by atoms with van der Waals surface area (Å²) in [4.78, 5) is 24.8. The van der Waals surface area contributed by atoms with Crippen LogP contribution in [0.15, 0.2) is 79.6 Å². The first kappa shape index (κ1) is 19.3. The summed E-state index contributed by atoms with van der Waals surface area (Å²) in [7, 11) is 0. The highest BCUT2D eigenvalue weighted by molar-refractivity contribution is 5.93. The fourth-order valence-electron chi connectivity index (χ4n) is 2.83. The minimum Gasteiger partial charge on any atom is -0.470 e. The molecule has 4 rings (SSSR count). The van der Waals surface area contributed by atoms with Gasteiger partial charge in [0.05, 0.1) is 5.56 Å². The molecule has 0 radical (unpaired) electrons. The average Bonchev–Trinajstić information content (AvgIpc) is 3.34. The van der Waals surface area contributed by atoms with Crippen molar-refractivity contribution < 1.29 is 9.53 Å². The van der Waals surface area contributed by atoms with Crippen molar-refractivity contribution in [1.82, 2.24) is 30.0 Å². The van der Waals surface area contributed by atoms with E-state index in [1.54, 1.807) is 29.3 Å². The zero-order valence-electron chi connectivity index (χ0n) is 16.3. The summed E-state index contributed by atoms with van der Waals surface area (Å²) < 4.78 is 7.41. The molecule has 3 heterocycles. The number of aromatic nitrogens is 5. The van der Waals surface area contributed by atoms with Gasteiger partial charge in [0.15, 0.2) is 5.82 Å². The number of pyridine rings is 2. The van der Waals surface area contributed by atoms with Crippen LogP contribution in [0.3, 0.4) is 0 Å². The number of amides is 1. The standard InChI is InChI=1S/C22H20N6O2/c1-16(18-5-3-2-4-6-18)30-21-10-8-19(13-25-21)22(29)26-12-17-7-9-20(24-11-17)28-15-23-14-27-28/h2-11,13-16H,12H2,1H3,(H,26,29)/t16-/m1/s1. The number of benzene rings is 1. The predicted octanol–water partition coefficient (Wildman–Crippen LogP) is 3.13. The van der Waals surface area contributed by atoms with E-state index in [2.05, 4.69) is 25.4 Å². The third-order valence-corrected chi connectivity index (χ3v) is 4.48. The second kappa shape index (κ2) is 8.95. The lowest BCUT2D eigenvalue weighted by molar-refractivity contribution is 0.0950. The largest absolute Gasteiger partial charge is 0.470 e. The first-order valence-corrected chi connectivity index (χ1v) is 9.45. The molecule has 0 aliphatic carbocycles. The molecule has 0 bridgehead atoms. The van der Waals surface area contributed by atoms with Crippen LogP contribution in [0.1, 0.15) is 34.5 Å². The zero-order valence-corrected chi connectivity index (χ0v) is 16.3. The zero-order chi connectivity index (χ0) is 20.8. The minimum absolute atomic E-state index is 0.133. The first-order valence-electron chi connectivity index (χ1n) is 9.45. The molecule has 0 fully saturated rings. The minimum atomic E-state index is -0.217. The maximum atomic E-state index is 12.4. The summed E-state index contributed by atoms with van der Waals surface area (Å²) >= 11 is 0. The second-order valence-corrected chi connectivity index (χ2v) is 6.60. The molecule has 0 spiro atoms. The van der Waals surface area contributed by atoms with Gasteiger partial charge in [-0.3, -0.25) is 4.79 Å². The van der Waals surface area contributed by atoms with Crippen LogP contribution in [-0.4, -0.2) is 30.6 Å². The van der Waals surface area contributed by atoms with Crippen LogP contribution in [0.5, 0.6) is 5.88 Å². The molecule has 0 unspecified atom stereocenters. The van der Waals surface area contributed by atoms with E-state index in [4.69, 9.17) is 4.74 Å². The van der Waals surface area contributed by atoms with Crippen molar-refractivity contribution in [3.8, 4) is 11.7 Å². The Hall–Kier alpha value is -4.07. The average molecular weight is 400 g/mol. The number of carbonyl (C=O) groups is 1. The predicted molar refractivity (Wildman–Crippen MR) is 110 cm³/mol. The number of rotatable bonds is 7. The van der Waals surface area contributed by atoms with E-state index in [1.807, 2.05) is 49.4 Å². The van der Waals surface area contributed by atoms with Crippen LogP contribution < -0.4 is 10.1 Å². The molecule has 0 aliphatic rings. The van der Waals surface area contributed by atoms with Gasteiger partial charge in [-0.1, -0.05) is 36.4 Å². The maximum Gasteiger partial charge on any atom is 0.253 e. The van der Waals surface area contributed by atoms with E-state index >= 15 is 0 Å². The van der Waals surface area contributed by atoms with Crippen molar-refractivity contribution in [1.29, 1.82) is 0 Å². The van der Waals surface area contributed by atoms with Gasteiger partial charge in [0, 0.05) is 25.0 Å². The summed E-state index contributed by atoms with van der Waals surface area (Å²) in [5.41, 5.74) is 2.39. The summed E-state index contributed by atoms with van der Waals surface area (Å²) in [6, 6.07) is 17.0. The highest BCUT2D eigenvalue weighted by atomic mass is 16.5. The smallest absolute Gasteiger partial charge is 0.253 e. The van der Waals surface area contributed by atoms with E-state index in [1.165, 1.54) is 12.5 Å². The highest BCUT2D eigenvalue weighted by Crippen LogP contribution is 2.19. The number of carbonyl (C=O) groups excluding carboxylic acids is 1. The summed E-state index contributed by atoms with van der Waals surface area (Å²) in [6.45, 7) is 2.31. The molecule has 1 atom stereocenters. The van der Waals surface area contributed by atoms with E-state index < -0.39 is 0 Å². The molecule has 30 heavy (non-hydrogen) atoms. The van der Waals surface area contributed by atoms with E-state index in [0.29, 0.717) is 23.8 Å².